The van der Waals surface area contributed by atoms with E-state index in [4.69, 9.17) is 10.5 Å². The number of amides is 1. The summed E-state index contributed by atoms with van der Waals surface area (Å²) in [6.45, 7) is 0.486. The summed E-state index contributed by atoms with van der Waals surface area (Å²) in [4.78, 5) is 34.4. The molecule has 0 atom stereocenters. The first kappa shape index (κ1) is 17.5. The quantitative estimate of drug-likeness (QED) is 0.640. The van der Waals surface area contributed by atoms with Gasteiger partial charge in [-0.1, -0.05) is 0 Å². The molecule has 0 aliphatic rings. The fourth-order valence-electron chi connectivity index (χ4n) is 2.44. The number of nitrogens with zero attached hydrogens (tertiary/aromatic N) is 3. The lowest BCUT2D eigenvalue weighted by molar-refractivity contribution is -0.113. The number of H-pyrrole nitrogens is 1. The molecular weight excluding hydrogens is 341 g/mol. The second kappa shape index (κ2) is 7.28. The van der Waals surface area contributed by atoms with Crippen molar-refractivity contribution in [2.45, 2.75) is 6.54 Å². The van der Waals surface area contributed by atoms with Crippen molar-refractivity contribution >= 4 is 23.1 Å². The number of nitrogens with two attached hydrogens (primary N) is 1. The minimum absolute atomic E-state index is 0.215. The van der Waals surface area contributed by atoms with Crippen LogP contribution in [0.5, 0.6) is 0 Å². The zero-order valence-electron chi connectivity index (χ0n) is 13.9. The molecule has 3 N–H and O–H groups in total. The predicted octanol–water partition coefficient (Wildman–Crippen LogP) is 1.07. The number of ether oxygens (including phenoxy) is 1. The number of hydrogen-bond acceptors (Lipinski definition) is 5. The molecule has 1 amide bonds. The predicted molar refractivity (Wildman–Crippen MR) is 93.6 cm³/mol. The van der Waals surface area contributed by atoms with E-state index in [1.54, 1.807) is 6.20 Å². The normalized spacial score (nSPS) is 11.5. The fourth-order valence-corrected chi connectivity index (χ4v) is 2.44. The Labute approximate surface area is 147 Å². The molecular formula is C17H16FN5O3. The minimum Gasteiger partial charge on any atom is -0.383 e. The summed E-state index contributed by atoms with van der Waals surface area (Å²) in [5.41, 5.74) is 6.78. The number of hydrogen-bond donors (Lipinski definition) is 2. The molecule has 3 rings (SSSR count). The highest BCUT2D eigenvalue weighted by Gasteiger charge is 2.12. The highest BCUT2D eigenvalue weighted by molar-refractivity contribution is 5.93. The molecule has 9 heteroatoms. The summed E-state index contributed by atoms with van der Waals surface area (Å²) in [5, 5.41) is 0. The van der Waals surface area contributed by atoms with Crippen LogP contribution in [-0.2, 0) is 16.1 Å². The number of carbonyl (C=O) groups excluding carboxylic acids is 1. The fraction of sp³-hybridized carbons (Fsp3) is 0.176. The van der Waals surface area contributed by atoms with Gasteiger partial charge in [0.2, 0.25) is 5.91 Å². The van der Waals surface area contributed by atoms with Crippen LogP contribution in [0.4, 0.5) is 4.39 Å². The van der Waals surface area contributed by atoms with Crippen molar-refractivity contribution in [2.75, 3.05) is 13.7 Å². The van der Waals surface area contributed by atoms with E-state index in [-0.39, 0.29) is 13.2 Å². The average Bonchev–Trinajstić information content (AvgIpc) is 3.03. The molecule has 8 nitrogen and oxygen atoms in total. The van der Waals surface area contributed by atoms with Gasteiger partial charge in [0, 0.05) is 43.3 Å². The second-order valence-corrected chi connectivity index (χ2v) is 5.50. The third kappa shape index (κ3) is 3.52. The van der Waals surface area contributed by atoms with E-state index in [0.717, 1.165) is 6.07 Å². The molecule has 0 saturated carbocycles. The lowest BCUT2D eigenvalue weighted by Crippen LogP contribution is -2.24. The molecule has 0 bridgehead atoms. The number of pyridine rings is 1. The van der Waals surface area contributed by atoms with E-state index in [2.05, 4.69) is 15.0 Å². The number of primary amides is 1. The molecule has 134 valence electrons. The van der Waals surface area contributed by atoms with E-state index in [1.807, 2.05) is 0 Å². The van der Waals surface area contributed by atoms with Crippen LogP contribution in [0.25, 0.3) is 28.5 Å². The molecule has 0 aliphatic heterocycles. The molecule has 26 heavy (non-hydrogen) atoms. The Kier molecular flexibility index (Phi) is 4.90. The van der Waals surface area contributed by atoms with Crippen LogP contribution in [0.3, 0.4) is 0 Å². The van der Waals surface area contributed by atoms with Gasteiger partial charge < -0.3 is 20.0 Å². The summed E-state index contributed by atoms with van der Waals surface area (Å²) in [6.07, 6.45) is 7.33. The van der Waals surface area contributed by atoms with E-state index in [1.165, 1.54) is 36.2 Å². The first-order chi connectivity index (χ1) is 12.5. The first-order valence-corrected chi connectivity index (χ1v) is 7.70. The van der Waals surface area contributed by atoms with Gasteiger partial charge in [-0.15, -0.1) is 0 Å². The van der Waals surface area contributed by atoms with Crippen molar-refractivity contribution in [2.24, 2.45) is 5.73 Å². The summed E-state index contributed by atoms with van der Waals surface area (Å²) < 4.78 is 20.2. The molecule has 0 aromatic carbocycles. The van der Waals surface area contributed by atoms with E-state index in [9.17, 15) is 14.0 Å². The summed E-state index contributed by atoms with van der Waals surface area (Å²) in [6, 6.07) is 1.12. The van der Waals surface area contributed by atoms with E-state index >= 15 is 0 Å². The Bertz CT molecular complexity index is 1050. The topological polar surface area (TPSA) is 116 Å². The largest absolute Gasteiger partial charge is 0.383 e. The van der Waals surface area contributed by atoms with Crippen LogP contribution in [-0.4, -0.2) is 39.1 Å². The Morgan fingerprint density at radius 3 is 3.04 bits per heavy atom. The Morgan fingerprint density at radius 1 is 1.50 bits per heavy atom. The van der Waals surface area contributed by atoms with E-state index in [0.29, 0.717) is 28.0 Å². The van der Waals surface area contributed by atoms with Crippen molar-refractivity contribution in [1.82, 2.24) is 19.5 Å². The number of aromatic nitrogens is 4. The van der Waals surface area contributed by atoms with Crippen LogP contribution in [0.2, 0.25) is 0 Å². The lowest BCUT2D eigenvalue weighted by Gasteiger charge is -2.08. The number of aromatic amines is 1. The molecule has 0 saturated heterocycles. The van der Waals surface area contributed by atoms with Gasteiger partial charge in [-0.2, -0.15) is 0 Å². The Morgan fingerprint density at radius 2 is 2.31 bits per heavy atom. The number of carbonyl (C=O) groups is 1. The molecule has 3 heterocycles. The Hall–Kier alpha value is -3.33. The van der Waals surface area contributed by atoms with Crippen LogP contribution in [0, 0.1) is 5.82 Å². The standard InChI is InChI=1S/C17H16FN5O3/c1-26-5-4-23-9-11(6-12(18)17(23)25)13-8-21-16-15(22-13)10(7-20-16)2-3-14(19)24/h2-3,6-9H,4-5H2,1H3,(H2,19,24)(H,20,21)/b3-2+. The summed E-state index contributed by atoms with van der Waals surface area (Å²) >= 11 is 0. The zero-order chi connectivity index (χ0) is 18.7. The molecule has 3 aromatic rings. The summed E-state index contributed by atoms with van der Waals surface area (Å²) in [7, 11) is 1.50. The van der Waals surface area contributed by atoms with Crippen molar-refractivity contribution in [3.8, 4) is 11.3 Å². The maximum Gasteiger partial charge on any atom is 0.286 e. The molecule has 0 fully saturated rings. The van der Waals surface area contributed by atoms with Crippen LogP contribution in [0.1, 0.15) is 5.56 Å². The van der Waals surface area contributed by atoms with Crippen molar-refractivity contribution in [3.05, 3.63) is 52.5 Å². The van der Waals surface area contributed by atoms with Gasteiger partial charge in [0.15, 0.2) is 11.5 Å². The van der Waals surface area contributed by atoms with Crippen LogP contribution < -0.4 is 11.3 Å². The van der Waals surface area contributed by atoms with Gasteiger partial charge >= 0.3 is 0 Å². The maximum atomic E-state index is 14.0. The third-order valence-corrected chi connectivity index (χ3v) is 3.71. The molecule has 3 aromatic heterocycles. The maximum absolute atomic E-state index is 14.0. The molecule has 0 spiro atoms. The molecule has 0 aliphatic carbocycles. The van der Waals surface area contributed by atoms with Gasteiger partial charge in [0.05, 0.1) is 18.5 Å². The minimum atomic E-state index is -0.886. The summed E-state index contributed by atoms with van der Waals surface area (Å²) in [5.74, 6) is -1.47. The van der Waals surface area contributed by atoms with Gasteiger partial charge in [0.1, 0.15) is 5.52 Å². The van der Waals surface area contributed by atoms with Crippen LogP contribution in [0.15, 0.2) is 35.5 Å². The third-order valence-electron chi connectivity index (χ3n) is 3.71. The smallest absolute Gasteiger partial charge is 0.286 e. The Balaban J connectivity index is 2.07. The molecule has 0 unspecified atom stereocenters. The van der Waals surface area contributed by atoms with Crippen LogP contribution >= 0.6 is 0 Å². The van der Waals surface area contributed by atoms with Crippen molar-refractivity contribution in [3.63, 3.8) is 0 Å². The second-order valence-electron chi connectivity index (χ2n) is 5.50. The van der Waals surface area contributed by atoms with Crippen molar-refractivity contribution < 1.29 is 13.9 Å². The lowest BCUT2D eigenvalue weighted by atomic mass is 10.2. The SMILES string of the molecule is COCCn1cc(-c2cnc3[nH]cc(/C=C/C(N)=O)c3n2)cc(F)c1=O. The highest BCUT2D eigenvalue weighted by atomic mass is 19.1. The van der Waals surface area contributed by atoms with Crippen molar-refractivity contribution in [1.29, 1.82) is 0 Å². The van der Waals surface area contributed by atoms with E-state index < -0.39 is 17.3 Å². The number of nitrogens with one attached hydrogen (secondary N) is 1. The zero-order valence-corrected chi connectivity index (χ0v) is 13.9. The van der Waals surface area contributed by atoms with Gasteiger partial charge in [-0.3, -0.25) is 9.59 Å². The number of rotatable bonds is 6. The van der Waals surface area contributed by atoms with Gasteiger partial charge in [-0.25, -0.2) is 14.4 Å². The number of halogens is 1. The van der Waals surface area contributed by atoms with Gasteiger partial charge in [-0.05, 0) is 12.1 Å². The molecule has 0 radical (unpaired) electrons. The monoisotopic (exact) mass is 357 g/mol. The number of methoxy groups -OCH3 is 1. The number of fused-ring (bicyclic) bond motifs is 1. The average molecular weight is 357 g/mol. The van der Waals surface area contributed by atoms with Gasteiger partial charge in [0.25, 0.3) is 5.56 Å². The first-order valence-electron chi connectivity index (χ1n) is 7.70. The highest BCUT2D eigenvalue weighted by Crippen LogP contribution is 2.21.